The third-order valence-corrected chi connectivity index (χ3v) is 2.42. The van der Waals surface area contributed by atoms with Crippen molar-refractivity contribution in [2.24, 2.45) is 5.73 Å². The Labute approximate surface area is 99.0 Å². The first-order valence-electron chi connectivity index (χ1n) is 3.18. The van der Waals surface area contributed by atoms with E-state index in [-0.39, 0.29) is 23.0 Å². The number of hydrogen-bond acceptors (Lipinski definition) is 2. The van der Waals surface area contributed by atoms with Crippen molar-refractivity contribution >= 4 is 48.8 Å². The van der Waals surface area contributed by atoms with Gasteiger partial charge < -0.3 is 5.73 Å². The zero-order valence-corrected chi connectivity index (χ0v) is 11.3. The van der Waals surface area contributed by atoms with Crippen LogP contribution in [0.2, 0.25) is 0 Å². The van der Waals surface area contributed by atoms with Crippen LogP contribution < -0.4 is 5.73 Å². The number of nitrogens with two attached hydrogens (primary N) is 1. The molecule has 0 unspecified atom stereocenters. The lowest BCUT2D eigenvalue weighted by atomic mass is 10.2. The van der Waals surface area contributed by atoms with Crippen LogP contribution >= 0.6 is 48.8 Å². The van der Waals surface area contributed by atoms with Crippen molar-refractivity contribution in [3.63, 3.8) is 0 Å². The van der Waals surface area contributed by atoms with Gasteiger partial charge in [0.15, 0.2) is 0 Å². The second-order valence-electron chi connectivity index (χ2n) is 2.32. The molecule has 0 radical (unpaired) electrons. The third kappa shape index (κ3) is 3.12. The minimum Gasteiger partial charge on any atom is -0.324 e. The fourth-order valence-electron chi connectivity index (χ4n) is 0.758. The quantitative estimate of drug-likeness (QED) is 0.781. The molecule has 0 spiro atoms. The highest BCUT2D eigenvalue weighted by Crippen LogP contribution is 2.22. The van der Waals surface area contributed by atoms with E-state index >= 15 is 0 Å². The van der Waals surface area contributed by atoms with E-state index in [1.807, 2.05) is 13.0 Å². The molecular formula is C7H9Br3N2. The maximum Gasteiger partial charge on any atom is 0.110 e. The Morgan fingerprint density at radius 2 is 2.08 bits per heavy atom. The number of pyridine rings is 1. The van der Waals surface area contributed by atoms with Crippen molar-refractivity contribution < 1.29 is 0 Å². The molecule has 0 saturated carbocycles. The van der Waals surface area contributed by atoms with Crippen LogP contribution in [0.5, 0.6) is 0 Å². The first-order chi connectivity index (χ1) is 5.11. The summed E-state index contributed by atoms with van der Waals surface area (Å²) in [6.45, 7) is 1.92. The molecule has 1 heterocycles. The molecule has 0 bridgehead atoms. The Morgan fingerprint density at radius 3 is 2.50 bits per heavy atom. The predicted octanol–water partition coefficient (Wildman–Crippen LogP) is 3.20. The van der Waals surface area contributed by atoms with Gasteiger partial charge in [0.2, 0.25) is 0 Å². The Bertz CT molecular complexity index is 263. The van der Waals surface area contributed by atoms with Crippen LogP contribution in [0.25, 0.3) is 0 Å². The van der Waals surface area contributed by atoms with Crippen LogP contribution in [0.1, 0.15) is 18.5 Å². The summed E-state index contributed by atoms with van der Waals surface area (Å²) >= 11 is 6.64. The van der Waals surface area contributed by atoms with E-state index in [0.717, 1.165) is 14.6 Å². The van der Waals surface area contributed by atoms with Crippen molar-refractivity contribution in [1.29, 1.82) is 0 Å². The summed E-state index contributed by atoms with van der Waals surface area (Å²) in [5, 5.41) is 0. The Morgan fingerprint density at radius 1 is 1.50 bits per heavy atom. The summed E-state index contributed by atoms with van der Waals surface area (Å²) in [7, 11) is 0. The molecule has 0 aliphatic carbocycles. The van der Waals surface area contributed by atoms with Crippen LogP contribution in [-0.2, 0) is 0 Å². The molecule has 0 fully saturated rings. The van der Waals surface area contributed by atoms with Crippen molar-refractivity contribution in [2.75, 3.05) is 0 Å². The van der Waals surface area contributed by atoms with Gasteiger partial charge in [-0.15, -0.1) is 17.0 Å². The van der Waals surface area contributed by atoms with Gasteiger partial charge in [-0.3, -0.25) is 0 Å². The number of aromatic nitrogens is 1. The van der Waals surface area contributed by atoms with Crippen molar-refractivity contribution in [1.82, 2.24) is 4.98 Å². The summed E-state index contributed by atoms with van der Waals surface area (Å²) in [4.78, 5) is 4.09. The monoisotopic (exact) mass is 358 g/mol. The van der Waals surface area contributed by atoms with Crippen molar-refractivity contribution in [2.45, 2.75) is 13.0 Å². The van der Waals surface area contributed by atoms with E-state index in [0.29, 0.717) is 0 Å². The highest BCUT2D eigenvalue weighted by Gasteiger charge is 2.05. The number of nitrogens with zero attached hydrogens (tertiary/aromatic N) is 1. The van der Waals surface area contributed by atoms with Crippen LogP contribution in [0.3, 0.4) is 0 Å². The van der Waals surface area contributed by atoms with E-state index in [1.54, 1.807) is 6.20 Å². The molecule has 1 aromatic heterocycles. The van der Waals surface area contributed by atoms with Gasteiger partial charge in [-0.1, -0.05) is 0 Å². The standard InChI is InChI=1S/C7H8Br2N2.BrH/c1-4(10)6-2-5(8)3-11-7(6)9;/h2-4H,10H2,1H3;1H/t4-;/m0./s1. The van der Waals surface area contributed by atoms with Crippen LogP contribution in [0.15, 0.2) is 21.3 Å². The Hall–Kier alpha value is 0.550. The molecule has 0 saturated heterocycles. The van der Waals surface area contributed by atoms with Gasteiger partial charge in [0.1, 0.15) is 4.60 Å². The molecule has 2 nitrogen and oxygen atoms in total. The van der Waals surface area contributed by atoms with Gasteiger partial charge in [0.05, 0.1) is 0 Å². The van der Waals surface area contributed by atoms with Crippen LogP contribution in [0.4, 0.5) is 0 Å². The summed E-state index contributed by atoms with van der Waals surface area (Å²) in [6.07, 6.45) is 1.73. The number of hydrogen-bond donors (Lipinski definition) is 1. The molecule has 12 heavy (non-hydrogen) atoms. The second-order valence-corrected chi connectivity index (χ2v) is 3.99. The molecule has 0 aliphatic heterocycles. The fourth-order valence-corrected chi connectivity index (χ4v) is 1.68. The van der Waals surface area contributed by atoms with E-state index < -0.39 is 0 Å². The molecule has 0 aliphatic rings. The van der Waals surface area contributed by atoms with Gasteiger partial charge in [0, 0.05) is 22.3 Å². The van der Waals surface area contributed by atoms with E-state index in [4.69, 9.17) is 5.73 Å². The van der Waals surface area contributed by atoms with Crippen molar-refractivity contribution in [3.05, 3.63) is 26.9 Å². The number of halogens is 3. The van der Waals surface area contributed by atoms with Gasteiger partial charge in [-0.05, 0) is 44.8 Å². The maximum atomic E-state index is 5.69. The van der Waals surface area contributed by atoms with E-state index in [1.165, 1.54) is 0 Å². The zero-order valence-electron chi connectivity index (χ0n) is 6.42. The zero-order chi connectivity index (χ0) is 8.43. The molecule has 0 amide bonds. The first kappa shape index (κ1) is 12.6. The fraction of sp³-hybridized carbons (Fsp3) is 0.286. The van der Waals surface area contributed by atoms with Gasteiger partial charge >= 0.3 is 0 Å². The van der Waals surface area contributed by atoms with Crippen LogP contribution in [0, 0.1) is 0 Å². The summed E-state index contributed by atoms with van der Waals surface area (Å²) in [6, 6.07) is 1.97. The van der Waals surface area contributed by atoms with Gasteiger partial charge in [-0.2, -0.15) is 0 Å². The molecule has 2 N–H and O–H groups in total. The lowest BCUT2D eigenvalue weighted by Gasteiger charge is -2.06. The largest absolute Gasteiger partial charge is 0.324 e. The average Bonchev–Trinajstić information content (AvgIpc) is 1.94. The molecule has 5 heteroatoms. The summed E-state index contributed by atoms with van der Waals surface area (Å²) in [5.74, 6) is 0. The van der Waals surface area contributed by atoms with Gasteiger partial charge in [-0.25, -0.2) is 4.98 Å². The molecular weight excluding hydrogens is 352 g/mol. The first-order valence-corrected chi connectivity index (χ1v) is 4.76. The number of rotatable bonds is 1. The minimum absolute atomic E-state index is 0. The van der Waals surface area contributed by atoms with Crippen molar-refractivity contribution in [3.8, 4) is 0 Å². The molecule has 68 valence electrons. The minimum atomic E-state index is 0. The SMILES string of the molecule is Br.C[C@H](N)c1cc(Br)cnc1Br. The molecule has 1 aromatic rings. The predicted molar refractivity (Wildman–Crippen MR) is 62.6 cm³/mol. The highest BCUT2D eigenvalue weighted by molar-refractivity contribution is 9.11. The topological polar surface area (TPSA) is 38.9 Å². The summed E-state index contributed by atoms with van der Waals surface area (Å²) < 4.78 is 1.77. The second kappa shape index (κ2) is 5.32. The third-order valence-electron chi connectivity index (χ3n) is 1.32. The molecule has 1 rings (SSSR count). The lowest BCUT2D eigenvalue weighted by Crippen LogP contribution is -2.06. The Balaban J connectivity index is 0.00000121. The smallest absolute Gasteiger partial charge is 0.110 e. The average molecular weight is 361 g/mol. The van der Waals surface area contributed by atoms with E-state index in [2.05, 4.69) is 36.8 Å². The highest BCUT2D eigenvalue weighted by atomic mass is 79.9. The summed E-state index contributed by atoms with van der Waals surface area (Å²) in [5.41, 5.74) is 6.71. The van der Waals surface area contributed by atoms with E-state index in [9.17, 15) is 0 Å². The lowest BCUT2D eigenvalue weighted by molar-refractivity contribution is 0.803. The molecule has 0 aromatic carbocycles. The normalized spacial score (nSPS) is 12.0. The van der Waals surface area contributed by atoms with Gasteiger partial charge in [0.25, 0.3) is 0 Å². The molecule has 1 atom stereocenters. The van der Waals surface area contributed by atoms with Crippen LogP contribution in [-0.4, -0.2) is 4.98 Å². The maximum absolute atomic E-state index is 5.69. The Kier molecular flexibility index (Phi) is 5.56.